The summed E-state index contributed by atoms with van der Waals surface area (Å²) in [4.78, 5) is 14.1. The summed E-state index contributed by atoms with van der Waals surface area (Å²) in [5.41, 5.74) is 4.85. The summed E-state index contributed by atoms with van der Waals surface area (Å²) in [6.45, 7) is 2.04. The van der Waals surface area contributed by atoms with Crippen molar-refractivity contribution < 1.29 is 9.90 Å². The molecule has 0 spiro atoms. The molecular weight excluding hydrogens is 226 g/mol. The van der Waals surface area contributed by atoms with Gasteiger partial charge in [0.15, 0.2) is 0 Å². The minimum absolute atomic E-state index is 0.201. The van der Waals surface area contributed by atoms with E-state index in [-0.39, 0.29) is 6.42 Å². The number of aryl methyl sites for hydroxylation is 2. The molecule has 1 fully saturated rings. The third-order valence-electron chi connectivity index (χ3n) is 3.78. The van der Waals surface area contributed by atoms with Gasteiger partial charge in [-0.15, -0.1) is 0 Å². The maximum absolute atomic E-state index is 10.8. The molecule has 1 aliphatic rings. The Morgan fingerprint density at radius 2 is 2.22 bits per heavy atom. The molecule has 2 aromatic rings. The molecule has 0 radical (unpaired) electrons. The highest BCUT2D eigenvalue weighted by Gasteiger charge is 2.27. The topological polar surface area (TPSA) is 53.1 Å². The highest BCUT2D eigenvalue weighted by atomic mass is 16.4. The first-order chi connectivity index (χ1) is 8.66. The molecule has 1 saturated carbocycles. The van der Waals surface area contributed by atoms with E-state index in [1.165, 1.54) is 29.4 Å². The largest absolute Gasteiger partial charge is 0.481 e. The molecule has 0 bridgehead atoms. The number of benzene rings is 1. The lowest BCUT2D eigenvalue weighted by Gasteiger charge is -2.04. The SMILES string of the molecule is Cc1[nH]c2cccc(C3CC3)c2c1CCC(=O)O. The number of nitrogens with one attached hydrogen (secondary N) is 1. The van der Waals surface area contributed by atoms with Gasteiger partial charge >= 0.3 is 5.97 Å². The van der Waals surface area contributed by atoms with Crippen molar-refractivity contribution in [3.63, 3.8) is 0 Å². The predicted molar refractivity (Wildman–Crippen MR) is 71.0 cm³/mol. The maximum Gasteiger partial charge on any atom is 0.303 e. The summed E-state index contributed by atoms with van der Waals surface area (Å²) in [6.07, 6.45) is 3.35. The lowest BCUT2D eigenvalue weighted by Crippen LogP contribution is -1.98. The van der Waals surface area contributed by atoms with E-state index in [1.54, 1.807) is 0 Å². The molecule has 3 rings (SSSR count). The number of hydrogen-bond donors (Lipinski definition) is 2. The highest BCUT2D eigenvalue weighted by Crippen LogP contribution is 2.44. The summed E-state index contributed by atoms with van der Waals surface area (Å²) in [7, 11) is 0. The van der Waals surface area contributed by atoms with Gasteiger partial charge in [-0.3, -0.25) is 4.79 Å². The van der Waals surface area contributed by atoms with Gasteiger partial charge in [-0.25, -0.2) is 0 Å². The van der Waals surface area contributed by atoms with Crippen LogP contribution in [0.15, 0.2) is 18.2 Å². The van der Waals surface area contributed by atoms with E-state index in [1.807, 2.05) is 6.92 Å². The zero-order valence-electron chi connectivity index (χ0n) is 10.5. The van der Waals surface area contributed by atoms with E-state index in [2.05, 4.69) is 23.2 Å². The second-order valence-electron chi connectivity index (χ2n) is 5.17. The number of hydrogen-bond acceptors (Lipinski definition) is 1. The summed E-state index contributed by atoms with van der Waals surface area (Å²) >= 11 is 0. The molecule has 0 atom stereocenters. The number of H-pyrrole nitrogens is 1. The summed E-state index contributed by atoms with van der Waals surface area (Å²) in [6, 6.07) is 6.36. The van der Waals surface area contributed by atoms with Crippen molar-refractivity contribution in [2.75, 3.05) is 0 Å². The Morgan fingerprint density at radius 1 is 1.44 bits per heavy atom. The number of fused-ring (bicyclic) bond motifs is 1. The van der Waals surface area contributed by atoms with Gasteiger partial charge in [0.05, 0.1) is 0 Å². The first-order valence-corrected chi connectivity index (χ1v) is 6.48. The van der Waals surface area contributed by atoms with Gasteiger partial charge in [0, 0.05) is 23.0 Å². The number of carboxylic acids is 1. The van der Waals surface area contributed by atoms with Gasteiger partial charge in [0.1, 0.15) is 0 Å². The van der Waals surface area contributed by atoms with E-state index >= 15 is 0 Å². The molecular formula is C15H17NO2. The first-order valence-electron chi connectivity index (χ1n) is 6.48. The second kappa shape index (κ2) is 4.16. The Morgan fingerprint density at radius 3 is 2.89 bits per heavy atom. The van der Waals surface area contributed by atoms with Crippen LogP contribution in [0.5, 0.6) is 0 Å². The normalized spacial score (nSPS) is 15.2. The van der Waals surface area contributed by atoms with Crippen LogP contribution in [-0.4, -0.2) is 16.1 Å². The molecule has 1 heterocycles. The molecule has 18 heavy (non-hydrogen) atoms. The zero-order valence-corrected chi connectivity index (χ0v) is 10.5. The van der Waals surface area contributed by atoms with Crippen LogP contribution < -0.4 is 0 Å². The second-order valence-corrected chi connectivity index (χ2v) is 5.17. The molecule has 0 aliphatic heterocycles. The van der Waals surface area contributed by atoms with Crippen molar-refractivity contribution in [2.45, 2.75) is 38.5 Å². The third-order valence-corrected chi connectivity index (χ3v) is 3.78. The highest BCUT2D eigenvalue weighted by molar-refractivity contribution is 5.89. The fourth-order valence-electron chi connectivity index (χ4n) is 2.76. The van der Waals surface area contributed by atoms with Crippen molar-refractivity contribution in [1.82, 2.24) is 4.98 Å². The monoisotopic (exact) mass is 243 g/mol. The molecule has 94 valence electrons. The van der Waals surface area contributed by atoms with Crippen molar-refractivity contribution in [1.29, 1.82) is 0 Å². The Hall–Kier alpha value is -1.77. The third kappa shape index (κ3) is 1.90. The van der Waals surface area contributed by atoms with Crippen LogP contribution in [0, 0.1) is 6.92 Å². The van der Waals surface area contributed by atoms with E-state index < -0.39 is 5.97 Å². The molecule has 3 nitrogen and oxygen atoms in total. The van der Waals surface area contributed by atoms with E-state index in [9.17, 15) is 4.79 Å². The average molecular weight is 243 g/mol. The van der Waals surface area contributed by atoms with Crippen LogP contribution in [0.4, 0.5) is 0 Å². The van der Waals surface area contributed by atoms with Gasteiger partial charge in [-0.05, 0) is 49.3 Å². The van der Waals surface area contributed by atoms with Crippen LogP contribution in [0.2, 0.25) is 0 Å². The van der Waals surface area contributed by atoms with Gasteiger partial charge in [-0.1, -0.05) is 12.1 Å². The number of aromatic nitrogens is 1. The smallest absolute Gasteiger partial charge is 0.303 e. The van der Waals surface area contributed by atoms with Gasteiger partial charge in [0.2, 0.25) is 0 Å². The van der Waals surface area contributed by atoms with Gasteiger partial charge in [0.25, 0.3) is 0 Å². The molecule has 2 N–H and O–H groups in total. The lowest BCUT2D eigenvalue weighted by molar-refractivity contribution is -0.136. The van der Waals surface area contributed by atoms with E-state index in [0.29, 0.717) is 12.3 Å². The number of aromatic amines is 1. The minimum atomic E-state index is -0.729. The Labute approximate surface area is 106 Å². The van der Waals surface area contributed by atoms with E-state index in [0.717, 1.165) is 11.2 Å². The standard InChI is InChI=1S/C15H17NO2/c1-9-11(7-8-14(17)18)15-12(10-5-6-10)3-2-4-13(15)16-9/h2-4,10,16H,5-8H2,1H3,(H,17,18). The molecule has 1 aromatic carbocycles. The lowest BCUT2D eigenvalue weighted by atomic mass is 9.99. The number of aliphatic carboxylic acids is 1. The fourth-order valence-corrected chi connectivity index (χ4v) is 2.76. The Balaban J connectivity index is 2.10. The van der Waals surface area contributed by atoms with Gasteiger partial charge < -0.3 is 10.1 Å². The number of carbonyl (C=O) groups is 1. The summed E-state index contributed by atoms with van der Waals surface area (Å²) < 4.78 is 0. The quantitative estimate of drug-likeness (QED) is 0.865. The zero-order chi connectivity index (χ0) is 12.7. The molecule has 0 unspecified atom stereocenters. The molecule has 0 saturated heterocycles. The number of carboxylic acid groups (broad SMARTS) is 1. The molecule has 1 aliphatic carbocycles. The average Bonchev–Trinajstić information content (AvgIpc) is 3.10. The van der Waals surface area contributed by atoms with Gasteiger partial charge in [-0.2, -0.15) is 0 Å². The maximum atomic E-state index is 10.8. The van der Waals surface area contributed by atoms with Crippen LogP contribution in [0.1, 0.15) is 42.0 Å². The Bertz CT molecular complexity index is 608. The van der Waals surface area contributed by atoms with Crippen LogP contribution in [0.3, 0.4) is 0 Å². The van der Waals surface area contributed by atoms with Crippen LogP contribution >= 0.6 is 0 Å². The fraction of sp³-hybridized carbons (Fsp3) is 0.400. The predicted octanol–water partition coefficient (Wildman–Crippen LogP) is 3.37. The summed E-state index contributed by atoms with van der Waals surface area (Å²) in [5, 5.41) is 10.1. The minimum Gasteiger partial charge on any atom is -0.481 e. The van der Waals surface area contributed by atoms with E-state index in [4.69, 9.17) is 5.11 Å². The van der Waals surface area contributed by atoms with Crippen molar-refractivity contribution in [2.24, 2.45) is 0 Å². The van der Waals surface area contributed by atoms with Crippen molar-refractivity contribution >= 4 is 16.9 Å². The molecule has 1 aromatic heterocycles. The van der Waals surface area contributed by atoms with Crippen molar-refractivity contribution in [3.05, 3.63) is 35.0 Å². The van der Waals surface area contributed by atoms with Crippen LogP contribution in [0.25, 0.3) is 10.9 Å². The molecule has 0 amide bonds. The van der Waals surface area contributed by atoms with Crippen molar-refractivity contribution in [3.8, 4) is 0 Å². The molecule has 3 heteroatoms. The Kier molecular flexibility index (Phi) is 2.62. The summed E-state index contributed by atoms with van der Waals surface area (Å²) in [5.74, 6) is -0.0415. The first kappa shape index (κ1) is 11.3. The van der Waals surface area contributed by atoms with Crippen LogP contribution in [-0.2, 0) is 11.2 Å². The number of rotatable bonds is 4.